The van der Waals surface area contributed by atoms with Crippen molar-refractivity contribution in [1.29, 1.82) is 0 Å². The summed E-state index contributed by atoms with van der Waals surface area (Å²) >= 11 is 5.90. The molecule has 1 amide bonds. The van der Waals surface area contributed by atoms with E-state index in [9.17, 15) is 4.79 Å². The molecule has 1 N–H and O–H groups in total. The van der Waals surface area contributed by atoms with Gasteiger partial charge in [0.2, 0.25) is 12.2 Å². The molecule has 1 aromatic carbocycles. The molecule has 0 unspecified atom stereocenters. The van der Waals surface area contributed by atoms with Gasteiger partial charge in [0, 0.05) is 11.1 Å². The molecule has 23 heavy (non-hydrogen) atoms. The molecule has 0 radical (unpaired) electrons. The zero-order valence-corrected chi connectivity index (χ0v) is 13.0. The summed E-state index contributed by atoms with van der Waals surface area (Å²) in [6.07, 6.45) is 4.31. The number of ether oxygens (including phenoxy) is 2. The summed E-state index contributed by atoms with van der Waals surface area (Å²) in [4.78, 5) is 16.1. The molecule has 3 rings (SSSR count). The molecule has 1 saturated heterocycles. The van der Waals surface area contributed by atoms with Crippen molar-refractivity contribution >= 4 is 29.3 Å². The third kappa shape index (κ3) is 4.39. The number of amides is 1. The van der Waals surface area contributed by atoms with Crippen molar-refractivity contribution in [2.24, 2.45) is 0 Å². The molecule has 0 atom stereocenters. The molecule has 2 aromatic rings. The summed E-state index contributed by atoms with van der Waals surface area (Å²) in [5.74, 6) is -0.243. The lowest BCUT2D eigenvalue weighted by molar-refractivity contribution is -0.111. The Labute approximate surface area is 138 Å². The van der Waals surface area contributed by atoms with E-state index in [4.69, 9.17) is 21.1 Å². The van der Waals surface area contributed by atoms with Crippen LogP contribution in [0.3, 0.4) is 0 Å². The van der Waals surface area contributed by atoms with Gasteiger partial charge in [0.25, 0.3) is 0 Å². The van der Waals surface area contributed by atoms with Gasteiger partial charge in [0.15, 0.2) is 0 Å². The molecule has 1 fully saturated rings. The third-order valence-corrected chi connectivity index (χ3v) is 3.43. The smallest absolute Gasteiger partial charge is 0.248 e. The van der Waals surface area contributed by atoms with Crippen LogP contribution in [-0.2, 0) is 14.3 Å². The van der Waals surface area contributed by atoms with Gasteiger partial charge in [-0.15, -0.1) is 0 Å². The minimum absolute atomic E-state index is 0.243. The fraction of sp³-hybridized carbons (Fsp3) is 0.176. The van der Waals surface area contributed by atoms with Crippen molar-refractivity contribution in [1.82, 2.24) is 4.98 Å². The largest absolute Gasteiger partial charge is 0.345 e. The minimum atomic E-state index is -0.414. The fourth-order valence-corrected chi connectivity index (χ4v) is 2.31. The van der Waals surface area contributed by atoms with E-state index >= 15 is 0 Å². The summed E-state index contributed by atoms with van der Waals surface area (Å²) in [5.41, 5.74) is 2.15. The number of pyridine rings is 1. The van der Waals surface area contributed by atoms with Crippen LogP contribution in [0.2, 0.25) is 5.02 Å². The molecule has 0 aliphatic carbocycles. The molecule has 0 spiro atoms. The number of benzene rings is 1. The zero-order chi connectivity index (χ0) is 16.1. The molecule has 0 saturated carbocycles. The first-order valence-corrected chi connectivity index (χ1v) is 7.52. The van der Waals surface area contributed by atoms with Gasteiger partial charge in [-0.3, -0.25) is 9.78 Å². The highest BCUT2D eigenvalue weighted by atomic mass is 35.5. The van der Waals surface area contributed by atoms with Gasteiger partial charge < -0.3 is 14.8 Å². The number of nitrogens with one attached hydrogen (secondary N) is 1. The van der Waals surface area contributed by atoms with Gasteiger partial charge in [0.05, 0.1) is 30.8 Å². The standard InChI is InChI=1S/C17H15ClN2O3/c18-13-3-1-2-12(10-13)4-7-16(21)20-14-5-6-15(19-11-14)17-22-8-9-23-17/h1-7,10-11,17H,8-9H2,(H,20,21). The van der Waals surface area contributed by atoms with Crippen LogP contribution in [0.1, 0.15) is 17.5 Å². The Morgan fingerprint density at radius 1 is 1.26 bits per heavy atom. The molecular weight excluding hydrogens is 316 g/mol. The van der Waals surface area contributed by atoms with Gasteiger partial charge in [-0.1, -0.05) is 23.7 Å². The number of halogens is 1. The summed E-state index contributed by atoms with van der Waals surface area (Å²) in [7, 11) is 0. The average molecular weight is 331 g/mol. The molecule has 1 aliphatic heterocycles. The van der Waals surface area contributed by atoms with E-state index in [2.05, 4.69) is 10.3 Å². The van der Waals surface area contributed by atoms with E-state index in [-0.39, 0.29) is 5.91 Å². The molecule has 6 heteroatoms. The van der Waals surface area contributed by atoms with Crippen molar-refractivity contribution in [3.8, 4) is 0 Å². The van der Waals surface area contributed by atoms with Crippen molar-refractivity contribution in [3.63, 3.8) is 0 Å². The van der Waals surface area contributed by atoms with E-state index in [0.29, 0.717) is 29.6 Å². The highest BCUT2D eigenvalue weighted by molar-refractivity contribution is 6.30. The first-order chi connectivity index (χ1) is 11.2. The Hall–Kier alpha value is -2.21. The number of hydrogen-bond donors (Lipinski definition) is 1. The molecule has 118 valence electrons. The van der Waals surface area contributed by atoms with Crippen LogP contribution in [-0.4, -0.2) is 24.1 Å². The van der Waals surface area contributed by atoms with Gasteiger partial charge in [-0.25, -0.2) is 0 Å². The summed E-state index contributed by atoms with van der Waals surface area (Å²) in [5, 5.41) is 3.37. The van der Waals surface area contributed by atoms with Crippen LogP contribution >= 0.6 is 11.6 Å². The van der Waals surface area contributed by atoms with E-state index in [1.807, 2.05) is 12.1 Å². The number of nitrogens with zero attached hydrogens (tertiary/aromatic N) is 1. The lowest BCUT2D eigenvalue weighted by Gasteiger charge is -2.08. The van der Waals surface area contributed by atoms with Crippen LogP contribution < -0.4 is 5.32 Å². The first kappa shape index (κ1) is 15.7. The number of carbonyl (C=O) groups excluding carboxylic acids is 1. The lowest BCUT2D eigenvalue weighted by Crippen LogP contribution is -2.09. The summed E-state index contributed by atoms with van der Waals surface area (Å²) in [6, 6.07) is 10.8. The van der Waals surface area contributed by atoms with Gasteiger partial charge >= 0.3 is 0 Å². The van der Waals surface area contributed by atoms with Crippen LogP contribution in [0, 0.1) is 0 Å². The SMILES string of the molecule is O=C(C=Cc1cccc(Cl)c1)Nc1ccc(C2OCCO2)nc1. The van der Waals surface area contributed by atoms with Gasteiger partial charge in [0.1, 0.15) is 0 Å². The monoisotopic (exact) mass is 330 g/mol. The van der Waals surface area contributed by atoms with Crippen LogP contribution in [0.25, 0.3) is 6.08 Å². The number of rotatable bonds is 4. The Bertz CT molecular complexity index is 710. The molecule has 2 heterocycles. The molecule has 1 aliphatic rings. The zero-order valence-electron chi connectivity index (χ0n) is 12.2. The normalized spacial score (nSPS) is 15.2. The highest BCUT2D eigenvalue weighted by Crippen LogP contribution is 2.22. The maximum Gasteiger partial charge on any atom is 0.248 e. The lowest BCUT2D eigenvalue weighted by atomic mass is 10.2. The summed E-state index contributed by atoms with van der Waals surface area (Å²) in [6.45, 7) is 1.14. The summed E-state index contributed by atoms with van der Waals surface area (Å²) < 4.78 is 10.7. The predicted molar refractivity (Wildman–Crippen MR) is 88.0 cm³/mol. The number of anilines is 1. The maximum absolute atomic E-state index is 11.9. The Morgan fingerprint density at radius 3 is 2.78 bits per heavy atom. The van der Waals surface area contributed by atoms with Crippen LogP contribution in [0.5, 0.6) is 0 Å². The second-order valence-corrected chi connectivity index (χ2v) is 5.36. The van der Waals surface area contributed by atoms with Crippen molar-refractivity contribution < 1.29 is 14.3 Å². The van der Waals surface area contributed by atoms with E-state index in [0.717, 1.165) is 5.56 Å². The first-order valence-electron chi connectivity index (χ1n) is 7.14. The Morgan fingerprint density at radius 2 is 2.09 bits per heavy atom. The van der Waals surface area contributed by atoms with Gasteiger partial charge in [-0.05, 0) is 35.9 Å². The quantitative estimate of drug-likeness (QED) is 0.872. The number of aromatic nitrogens is 1. The van der Waals surface area contributed by atoms with Crippen molar-refractivity contribution in [2.75, 3.05) is 18.5 Å². The van der Waals surface area contributed by atoms with Crippen molar-refractivity contribution in [3.05, 3.63) is 65.0 Å². The molecular formula is C17H15ClN2O3. The van der Waals surface area contributed by atoms with Crippen molar-refractivity contribution in [2.45, 2.75) is 6.29 Å². The number of hydrogen-bond acceptors (Lipinski definition) is 4. The fourth-order valence-electron chi connectivity index (χ4n) is 2.11. The van der Waals surface area contributed by atoms with Gasteiger partial charge in [-0.2, -0.15) is 0 Å². The Kier molecular flexibility index (Phi) is 5.02. The van der Waals surface area contributed by atoms with Crippen LogP contribution in [0.4, 0.5) is 5.69 Å². The van der Waals surface area contributed by atoms with E-state index in [1.165, 1.54) is 6.08 Å². The average Bonchev–Trinajstić information content (AvgIpc) is 3.08. The maximum atomic E-state index is 11.9. The van der Waals surface area contributed by atoms with E-state index in [1.54, 1.807) is 36.5 Å². The Balaban J connectivity index is 1.59. The number of carbonyl (C=O) groups is 1. The van der Waals surface area contributed by atoms with E-state index < -0.39 is 6.29 Å². The molecule has 1 aromatic heterocycles. The highest BCUT2D eigenvalue weighted by Gasteiger charge is 2.19. The second-order valence-electron chi connectivity index (χ2n) is 4.92. The van der Waals surface area contributed by atoms with Crippen LogP contribution in [0.15, 0.2) is 48.7 Å². The second kappa shape index (κ2) is 7.37. The predicted octanol–water partition coefficient (Wildman–Crippen LogP) is 3.43. The molecule has 0 bridgehead atoms. The third-order valence-electron chi connectivity index (χ3n) is 3.19. The molecule has 5 nitrogen and oxygen atoms in total. The minimum Gasteiger partial charge on any atom is -0.345 e. The topological polar surface area (TPSA) is 60.5 Å².